The first-order valence-electron chi connectivity index (χ1n) is 8.52. The molecule has 0 radical (unpaired) electrons. The fourth-order valence-electron chi connectivity index (χ4n) is 2.66. The standard InChI is InChI=1S/C18H17Cl3N2O5S/c19-12-7-13(20)9-14(8-12)22-18(24)11-28-17-2-1-15(10-16(17)21)29(25,26)23-3-5-27-6-4-23/h1-2,7-10H,3-6,11H2,(H,22,24). The number of anilines is 1. The molecule has 1 heterocycles. The number of carbonyl (C=O) groups is 1. The second-order valence-corrected chi connectivity index (χ2v) is 9.32. The van der Waals surface area contributed by atoms with E-state index in [9.17, 15) is 13.2 Å². The third kappa shape index (κ3) is 5.75. The van der Waals surface area contributed by atoms with Crippen molar-refractivity contribution in [1.29, 1.82) is 0 Å². The molecule has 1 saturated heterocycles. The number of rotatable bonds is 6. The van der Waals surface area contributed by atoms with Crippen LogP contribution in [0.1, 0.15) is 0 Å². The average molecular weight is 480 g/mol. The molecule has 1 amide bonds. The van der Waals surface area contributed by atoms with E-state index in [0.29, 0.717) is 28.9 Å². The van der Waals surface area contributed by atoms with Crippen LogP contribution in [-0.2, 0) is 19.6 Å². The van der Waals surface area contributed by atoms with Gasteiger partial charge < -0.3 is 14.8 Å². The van der Waals surface area contributed by atoms with Crippen LogP contribution >= 0.6 is 34.8 Å². The van der Waals surface area contributed by atoms with Crippen LogP contribution in [0.25, 0.3) is 0 Å². The predicted molar refractivity (Wildman–Crippen MR) is 112 cm³/mol. The first-order chi connectivity index (χ1) is 13.8. The van der Waals surface area contributed by atoms with Gasteiger partial charge in [0.15, 0.2) is 6.61 Å². The van der Waals surface area contributed by atoms with E-state index in [0.717, 1.165) is 0 Å². The largest absolute Gasteiger partial charge is 0.482 e. The summed E-state index contributed by atoms with van der Waals surface area (Å²) in [7, 11) is -3.67. The van der Waals surface area contributed by atoms with Crippen LogP contribution in [0.5, 0.6) is 5.75 Å². The van der Waals surface area contributed by atoms with Gasteiger partial charge in [-0.25, -0.2) is 8.42 Å². The minimum Gasteiger partial charge on any atom is -0.482 e. The third-order valence-electron chi connectivity index (χ3n) is 4.02. The molecule has 156 valence electrons. The van der Waals surface area contributed by atoms with Gasteiger partial charge in [0.1, 0.15) is 5.75 Å². The molecule has 7 nitrogen and oxygen atoms in total. The summed E-state index contributed by atoms with van der Waals surface area (Å²) >= 11 is 17.9. The van der Waals surface area contributed by atoms with Crippen LogP contribution in [0, 0.1) is 0 Å². The number of sulfonamides is 1. The normalized spacial score (nSPS) is 15.1. The SMILES string of the molecule is O=C(COc1ccc(S(=O)(=O)N2CCOCC2)cc1Cl)Nc1cc(Cl)cc(Cl)c1. The molecule has 0 saturated carbocycles. The Hall–Kier alpha value is -1.55. The molecule has 1 aliphatic heterocycles. The van der Waals surface area contributed by atoms with E-state index in [2.05, 4.69) is 5.32 Å². The Morgan fingerprint density at radius 3 is 2.34 bits per heavy atom. The number of carbonyl (C=O) groups excluding carboxylic acids is 1. The number of benzene rings is 2. The lowest BCUT2D eigenvalue weighted by Crippen LogP contribution is -2.40. The van der Waals surface area contributed by atoms with Crippen molar-refractivity contribution in [3.8, 4) is 5.75 Å². The fourth-order valence-corrected chi connectivity index (χ4v) is 4.92. The summed E-state index contributed by atoms with van der Waals surface area (Å²) in [5.41, 5.74) is 0.425. The van der Waals surface area contributed by atoms with Gasteiger partial charge in [0.2, 0.25) is 10.0 Å². The highest BCUT2D eigenvalue weighted by Gasteiger charge is 2.27. The van der Waals surface area contributed by atoms with Crippen LogP contribution in [0.4, 0.5) is 5.69 Å². The molecule has 3 rings (SSSR count). The van der Waals surface area contributed by atoms with Crippen molar-refractivity contribution in [3.05, 3.63) is 51.5 Å². The highest BCUT2D eigenvalue weighted by molar-refractivity contribution is 7.89. The molecule has 0 unspecified atom stereocenters. The van der Waals surface area contributed by atoms with Crippen LogP contribution in [0.3, 0.4) is 0 Å². The molecule has 1 aliphatic rings. The first kappa shape index (κ1) is 22.1. The summed E-state index contributed by atoms with van der Waals surface area (Å²) in [6, 6.07) is 8.74. The third-order valence-corrected chi connectivity index (χ3v) is 6.64. The molecule has 1 N–H and O–H groups in total. The Kier molecular flexibility index (Phi) is 7.26. The number of halogens is 3. The lowest BCUT2D eigenvalue weighted by atomic mass is 10.3. The molecule has 2 aromatic rings. The van der Waals surface area contributed by atoms with Crippen LogP contribution in [0.2, 0.25) is 15.1 Å². The minimum absolute atomic E-state index is 0.0507. The van der Waals surface area contributed by atoms with E-state index in [1.807, 2.05) is 0 Å². The number of hydrogen-bond acceptors (Lipinski definition) is 5. The maximum atomic E-state index is 12.7. The molecule has 29 heavy (non-hydrogen) atoms. The molecule has 0 bridgehead atoms. The second-order valence-electron chi connectivity index (χ2n) is 6.10. The lowest BCUT2D eigenvalue weighted by Gasteiger charge is -2.26. The van der Waals surface area contributed by atoms with Gasteiger partial charge in [0, 0.05) is 28.8 Å². The number of morpholine rings is 1. The molecule has 1 fully saturated rings. The zero-order valence-corrected chi connectivity index (χ0v) is 18.1. The van der Waals surface area contributed by atoms with Crippen LogP contribution < -0.4 is 10.1 Å². The molecular formula is C18H17Cl3N2O5S. The number of nitrogens with zero attached hydrogens (tertiary/aromatic N) is 1. The summed E-state index contributed by atoms with van der Waals surface area (Å²) in [5.74, 6) is -0.267. The van der Waals surface area contributed by atoms with Crippen molar-refractivity contribution >= 4 is 56.4 Å². The first-order valence-corrected chi connectivity index (χ1v) is 11.1. The molecule has 0 aromatic heterocycles. The van der Waals surface area contributed by atoms with Crippen molar-refractivity contribution in [2.24, 2.45) is 0 Å². The van der Waals surface area contributed by atoms with Gasteiger partial charge in [-0.2, -0.15) is 4.31 Å². The van der Waals surface area contributed by atoms with E-state index in [4.69, 9.17) is 44.3 Å². The summed E-state index contributed by atoms with van der Waals surface area (Å²) in [6.45, 7) is 0.930. The van der Waals surface area contributed by atoms with E-state index in [-0.39, 0.29) is 35.4 Å². The summed E-state index contributed by atoms with van der Waals surface area (Å²) in [6.07, 6.45) is 0. The Morgan fingerprint density at radius 1 is 1.07 bits per heavy atom. The second kappa shape index (κ2) is 9.51. The zero-order valence-electron chi connectivity index (χ0n) is 15.0. The van der Waals surface area contributed by atoms with Crippen LogP contribution in [0.15, 0.2) is 41.3 Å². The van der Waals surface area contributed by atoms with Gasteiger partial charge in [-0.1, -0.05) is 34.8 Å². The van der Waals surface area contributed by atoms with Gasteiger partial charge in [0.05, 0.1) is 23.1 Å². The predicted octanol–water partition coefficient (Wildman–Crippen LogP) is 3.69. The Bertz CT molecular complexity index is 990. The molecule has 11 heteroatoms. The summed E-state index contributed by atoms with van der Waals surface area (Å²) < 4.78 is 37.2. The lowest BCUT2D eigenvalue weighted by molar-refractivity contribution is -0.118. The summed E-state index contributed by atoms with van der Waals surface area (Å²) in [4.78, 5) is 12.1. The molecule has 0 spiro atoms. The molecular weight excluding hydrogens is 463 g/mol. The highest BCUT2D eigenvalue weighted by atomic mass is 35.5. The summed E-state index contributed by atoms with van der Waals surface area (Å²) in [5, 5.41) is 3.45. The Morgan fingerprint density at radius 2 is 1.72 bits per heavy atom. The number of amides is 1. The Labute approximate surface area is 183 Å². The average Bonchev–Trinajstić information content (AvgIpc) is 2.67. The minimum atomic E-state index is -3.67. The zero-order chi connectivity index (χ0) is 21.0. The van der Waals surface area contributed by atoms with Crippen molar-refractivity contribution in [1.82, 2.24) is 4.31 Å². The molecule has 0 atom stereocenters. The number of hydrogen-bond donors (Lipinski definition) is 1. The topological polar surface area (TPSA) is 84.9 Å². The van der Waals surface area contributed by atoms with Crippen LogP contribution in [-0.4, -0.2) is 51.5 Å². The van der Waals surface area contributed by atoms with Gasteiger partial charge in [0.25, 0.3) is 5.91 Å². The number of nitrogens with one attached hydrogen (secondary N) is 1. The maximum Gasteiger partial charge on any atom is 0.262 e. The van der Waals surface area contributed by atoms with Gasteiger partial charge in [-0.05, 0) is 36.4 Å². The fraction of sp³-hybridized carbons (Fsp3) is 0.278. The highest BCUT2D eigenvalue weighted by Crippen LogP contribution is 2.29. The van der Waals surface area contributed by atoms with Crippen molar-refractivity contribution < 1.29 is 22.7 Å². The van der Waals surface area contributed by atoms with Gasteiger partial charge in [-0.15, -0.1) is 0 Å². The van der Waals surface area contributed by atoms with Gasteiger partial charge in [-0.3, -0.25) is 4.79 Å². The van der Waals surface area contributed by atoms with E-state index < -0.39 is 15.9 Å². The van der Waals surface area contributed by atoms with Gasteiger partial charge >= 0.3 is 0 Å². The van der Waals surface area contributed by atoms with Crippen molar-refractivity contribution in [3.63, 3.8) is 0 Å². The van der Waals surface area contributed by atoms with E-state index in [1.165, 1.54) is 22.5 Å². The van der Waals surface area contributed by atoms with Crippen molar-refractivity contribution in [2.75, 3.05) is 38.2 Å². The van der Waals surface area contributed by atoms with Crippen molar-refractivity contribution in [2.45, 2.75) is 4.90 Å². The maximum absolute atomic E-state index is 12.7. The molecule has 2 aromatic carbocycles. The quantitative estimate of drug-likeness (QED) is 0.683. The Balaban J connectivity index is 1.64. The van der Waals surface area contributed by atoms with E-state index in [1.54, 1.807) is 18.2 Å². The smallest absolute Gasteiger partial charge is 0.262 e. The number of ether oxygens (including phenoxy) is 2. The molecule has 0 aliphatic carbocycles. The van der Waals surface area contributed by atoms with E-state index >= 15 is 0 Å². The monoisotopic (exact) mass is 478 g/mol.